The molecule has 0 aliphatic rings. The van der Waals surface area contributed by atoms with Gasteiger partial charge in [0.1, 0.15) is 0 Å². The van der Waals surface area contributed by atoms with Gasteiger partial charge in [0.2, 0.25) is 11.7 Å². The molecule has 1 aromatic carbocycles. The van der Waals surface area contributed by atoms with Gasteiger partial charge >= 0.3 is 0 Å². The van der Waals surface area contributed by atoms with Crippen molar-refractivity contribution in [2.45, 2.75) is 65.2 Å². The van der Waals surface area contributed by atoms with Crippen molar-refractivity contribution in [2.75, 3.05) is 12.3 Å². The maximum atomic E-state index is 13.2. The third-order valence-corrected chi connectivity index (χ3v) is 5.73. The third-order valence-electron chi connectivity index (χ3n) is 4.80. The Morgan fingerprint density at radius 2 is 1.91 bits per heavy atom. The molecule has 2 N–H and O–H groups in total. The number of aromatic nitrogens is 4. The first-order valence-electron chi connectivity index (χ1n) is 11.2. The van der Waals surface area contributed by atoms with Crippen LogP contribution in [0.25, 0.3) is 16.7 Å². The molecule has 178 valence electrons. The minimum Gasteiger partial charge on any atom is -0.352 e. The van der Waals surface area contributed by atoms with Crippen LogP contribution in [0.15, 0.2) is 28.2 Å². The van der Waals surface area contributed by atoms with E-state index in [1.165, 1.54) is 11.8 Å². The minimum atomic E-state index is -0.336. The van der Waals surface area contributed by atoms with Crippen LogP contribution in [0.3, 0.4) is 0 Å². The van der Waals surface area contributed by atoms with Crippen LogP contribution in [0, 0.1) is 5.92 Å². The van der Waals surface area contributed by atoms with E-state index >= 15 is 0 Å². The summed E-state index contributed by atoms with van der Waals surface area (Å²) in [6.07, 6.45) is 0.750. The van der Waals surface area contributed by atoms with Gasteiger partial charge in [-0.2, -0.15) is 0 Å². The topological polar surface area (TPSA) is 110 Å². The number of carbonyl (C=O) groups is 2. The van der Waals surface area contributed by atoms with Crippen LogP contribution in [0.1, 0.15) is 58.3 Å². The predicted octanol–water partition coefficient (Wildman–Crippen LogP) is 2.85. The Bertz CT molecular complexity index is 1240. The summed E-state index contributed by atoms with van der Waals surface area (Å²) in [7, 11) is 0. The first-order valence-corrected chi connectivity index (χ1v) is 12.1. The van der Waals surface area contributed by atoms with E-state index in [2.05, 4.69) is 20.8 Å². The molecule has 2 heterocycles. The van der Waals surface area contributed by atoms with E-state index in [0.29, 0.717) is 46.4 Å². The SMILES string of the molecule is CCCn1c(=O)c2ccc(C(=O)NCC(C)C)cc2n2c(SCC(=O)NC(C)(C)C)nnc12. The molecule has 3 aromatic rings. The molecule has 0 saturated carbocycles. The number of nitrogens with one attached hydrogen (secondary N) is 2. The Morgan fingerprint density at radius 3 is 2.55 bits per heavy atom. The van der Waals surface area contributed by atoms with Crippen molar-refractivity contribution < 1.29 is 9.59 Å². The molecule has 2 aromatic heterocycles. The quantitative estimate of drug-likeness (QED) is 0.488. The summed E-state index contributed by atoms with van der Waals surface area (Å²) in [6.45, 7) is 12.8. The van der Waals surface area contributed by atoms with Crippen molar-refractivity contribution in [3.8, 4) is 0 Å². The Morgan fingerprint density at radius 1 is 1.18 bits per heavy atom. The van der Waals surface area contributed by atoms with Crippen LogP contribution < -0.4 is 16.2 Å². The minimum absolute atomic E-state index is 0.121. The molecule has 0 spiro atoms. The Kier molecular flexibility index (Phi) is 7.46. The molecular formula is C23H32N6O3S. The predicted molar refractivity (Wildman–Crippen MR) is 131 cm³/mol. The summed E-state index contributed by atoms with van der Waals surface area (Å²) in [6, 6.07) is 5.03. The average Bonchev–Trinajstić information content (AvgIpc) is 3.16. The van der Waals surface area contributed by atoms with Crippen LogP contribution in [0.5, 0.6) is 0 Å². The van der Waals surface area contributed by atoms with Gasteiger partial charge in [0, 0.05) is 24.2 Å². The fourth-order valence-electron chi connectivity index (χ4n) is 3.42. The molecule has 0 atom stereocenters. The van der Waals surface area contributed by atoms with Gasteiger partial charge < -0.3 is 10.6 Å². The summed E-state index contributed by atoms with van der Waals surface area (Å²) in [4.78, 5) is 38.2. The molecule has 10 heteroatoms. The van der Waals surface area contributed by atoms with E-state index < -0.39 is 0 Å². The highest BCUT2D eigenvalue weighted by Crippen LogP contribution is 2.23. The van der Waals surface area contributed by atoms with E-state index in [9.17, 15) is 14.4 Å². The molecule has 3 rings (SSSR count). The molecule has 0 aliphatic carbocycles. The molecule has 0 saturated heterocycles. The number of fused-ring (bicyclic) bond motifs is 3. The summed E-state index contributed by atoms with van der Waals surface area (Å²) < 4.78 is 3.35. The molecule has 0 radical (unpaired) electrons. The highest BCUT2D eigenvalue weighted by atomic mass is 32.2. The molecule has 0 fully saturated rings. The van der Waals surface area contributed by atoms with E-state index in [0.717, 1.165) is 6.42 Å². The van der Waals surface area contributed by atoms with Gasteiger partial charge in [-0.25, -0.2) is 0 Å². The van der Waals surface area contributed by atoms with Crippen LogP contribution in [0.4, 0.5) is 0 Å². The van der Waals surface area contributed by atoms with Crippen LogP contribution in [-0.4, -0.2) is 48.8 Å². The van der Waals surface area contributed by atoms with Crippen molar-refractivity contribution in [1.82, 2.24) is 29.8 Å². The summed E-state index contributed by atoms with van der Waals surface area (Å²) in [5.41, 5.74) is 0.482. The Labute approximate surface area is 197 Å². The largest absolute Gasteiger partial charge is 0.352 e. The van der Waals surface area contributed by atoms with Gasteiger partial charge in [-0.3, -0.25) is 23.4 Å². The molecular weight excluding hydrogens is 440 g/mol. The average molecular weight is 473 g/mol. The lowest BCUT2D eigenvalue weighted by atomic mass is 10.1. The van der Waals surface area contributed by atoms with Gasteiger partial charge in [-0.1, -0.05) is 32.5 Å². The first kappa shape index (κ1) is 24.8. The van der Waals surface area contributed by atoms with Gasteiger partial charge in [0.15, 0.2) is 5.16 Å². The Balaban J connectivity index is 2.09. The molecule has 9 nitrogen and oxygen atoms in total. The second-order valence-corrected chi connectivity index (χ2v) is 10.4. The van der Waals surface area contributed by atoms with Crippen LogP contribution >= 0.6 is 11.8 Å². The zero-order valence-electron chi connectivity index (χ0n) is 20.1. The standard InChI is InChI=1S/C23H32N6O3S/c1-7-10-28-20(32)16-9-8-15(19(31)24-12-14(2)3)11-17(16)29-21(28)26-27-22(29)33-13-18(30)25-23(4,5)6/h8-9,11,14H,7,10,12-13H2,1-6H3,(H,24,31)(H,25,30). The maximum Gasteiger partial charge on any atom is 0.262 e. The summed E-state index contributed by atoms with van der Waals surface area (Å²) in [5.74, 6) is 0.545. The monoisotopic (exact) mass is 472 g/mol. The maximum absolute atomic E-state index is 13.2. The van der Waals surface area contributed by atoms with Crippen LogP contribution in [-0.2, 0) is 11.3 Å². The number of carbonyl (C=O) groups excluding carboxylic acids is 2. The normalized spacial score (nSPS) is 12.0. The van der Waals surface area contributed by atoms with Crippen LogP contribution in [0.2, 0.25) is 0 Å². The van der Waals surface area contributed by atoms with Crippen molar-refractivity contribution >= 4 is 40.3 Å². The van der Waals surface area contributed by atoms with Crippen molar-refractivity contribution in [2.24, 2.45) is 5.92 Å². The number of hydrogen-bond acceptors (Lipinski definition) is 6. The molecule has 0 unspecified atom stereocenters. The summed E-state index contributed by atoms with van der Waals surface area (Å²) >= 11 is 1.24. The molecule has 0 aliphatic heterocycles. The van der Waals surface area contributed by atoms with Crippen molar-refractivity contribution in [3.63, 3.8) is 0 Å². The fourth-order valence-corrected chi connectivity index (χ4v) is 4.16. The molecule has 2 amide bonds. The van der Waals surface area contributed by atoms with E-state index in [1.54, 1.807) is 27.2 Å². The van der Waals surface area contributed by atoms with E-state index in [4.69, 9.17) is 0 Å². The number of benzene rings is 1. The molecule has 0 bridgehead atoms. The van der Waals surface area contributed by atoms with E-state index in [-0.39, 0.29) is 28.7 Å². The van der Waals surface area contributed by atoms with Gasteiger partial charge in [-0.15, -0.1) is 10.2 Å². The summed E-state index contributed by atoms with van der Waals surface area (Å²) in [5, 5.41) is 15.3. The lowest BCUT2D eigenvalue weighted by molar-refractivity contribution is -0.119. The third kappa shape index (κ3) is 5.73. The number of aryl methyl sites for hydroxylation is 1. The number of hydrogen-bond donors (Lipinski definition) is 2. The smallest absolute Gasteiger partial charge is 0.262 e. The van der Waals surface area contributed by atoms with Crippen molar-refractivity contribution in [1.29, 1.82) is 0 Å². The first-order chi connectivity index (χ1) is 15.5. The highest BCUT2D eigenvalue weighted by Gasteiger charge is 2.20. The second-order valence-electron chi connectivity index (χ2n) is 9.50. The van der Waals surface area contributed by atoms with Crippen molar-refractivity contribution in [3.05, 3.63) is 34.1 Å². The number of rotatable bonds is 8. The lowest BCUT2D eigenvalue weighted by Gasteiger charge is -2.20. The lowest BCUT2D eigenvalue weighted by Crippen LogP contribution is -2.41. The number of amides is 2. The Hall–Kier alpha value is -2.88. The molecule has 33 heavy (non-hydrogen) atoms. The van der Waals surface area contributed by atoms with Gasteiger partial charge in [0.05, 0.1) is 16.7 Å². The van der Waals surface area contributed by atoms with Gasteiger partial charge in [-0.05, 0) is 51.3 Å². The second kappa shape index (κ2) is 9.94. The zero-order valence-corrected chi connectivity index (χ0v) is 20.9. The highest BCUT2D eigenvalue weighted by molar-refractivity contribution is 7.99. The fraction of sp³-hybridized carbons (Fsp3) is 0.522. The number of thioether (sulfide) groups is 1. The van der Waals surface area contributed by atoms with E-state index in [1.807, 2.05) is 41.5 Å². The zero-order chi connectivity index (χ0) is 24.3. The van der Waals surface area contributed by atoms with Gasteiger partial charge in [0.25, 0.3) is 11.5 Å². The number of nitrogens with zero attached hydrogens (tertiary/aromatic N) is 4.